The van der Waals surface area contributed by atoms with Gasteiger partial charge in [0.1, 0.15) is 5.75 Å². The Morgan fingerprint density at radius 3 is 2.68 bits per heavy atom. The first-order chi connectivity index (χ1) is 10.6. The molecule has 0 aliphatic heterocycles. The monoisotopic (exact) mass is 352 g/mol. The Bertz CT molecular complexity index is 808. The van der Waals surface area contributed by atoms with E-state index in [4.69, 9.17) is 27.6 Å². The van der Waals surface area contributed by atoms with Gasteiger partial charge in [0.25, 0.3) is 11.1 Å². The third-order valence-electron chi connectivity index (χ3n) is 2.91. The minimum Gasteiger partial charge on any atom is -0.507 e. The fourth-order valence-electron chi connectivity index (χ4n) is 1.81. The van der Waals surface area contributed by atoms with E-state index in [1.807, 2.05) is 6.07 Å². The highest BCUT2D eigenvalue weighted by atomic mass is 35.5. The average molecular weight is 353 g/mol. The van der Waals surface area contributed by atoms with E-state index >= 15 is 0 Å². The van der Waals surface area contributed by atoms with Crippen LogP contribution in [0.4, 0.5) is 0 Å². The van der Waals surface area contributed by atoms with Crippen LogP contribution < -0.4 is 0 Å². The zero-order valence-electron chi connectivity index (χ0n) is 11.2. The van der Waals surface area contributed by atoms with E-state index in [0.717, 1.165) is 5.56 Å². The number of aromatic nitrogens is 2. The van der Waals surface area contributed by atoms with Gasteiger partial charge in [-0.2, -0.15) is 0 Å². The predicted molar refractivity (Wildman–Crippen MR) is 87.4 cm³/mol. The van der Waals surface area contributed by atoms with Crippen LogP contribution in [0, 0.1) is 0 Å². The number of thioether (sulfide) groups is 1. The molecule has 0 spiro atoms. The molecule has 0 amide bonds. The Labute approximate surface area is 141 Å². The lowest BCUT2D eigenvalue weighted by molar-refractivity contribution is 0.452. The summed E-state index contributed by atoms with van der Waals surface area (Å²) in [5.74, 6) is 0.963. The summed E-state index contributed by atoms with van der Waals surface area (Å²) >= 11 is 13.3. The van der Waals surface area contributed by atoms with Crippen LogP contribution in [0.2, 0.25) is 10.0 Å². The number of benzene rings is 2. The highest BCUT2D eigenvalue weighted by Crippen LogP contribution is 2.32. The Morgan fingerprint density at radius 1 is 1.09 bits per heavy atom. The predicted octanol–water partition coefficient (Wildman–Crippen LogP) is 5.04. The van der Waals surface area contributed by atoms with E-state index in [2.05, 4.69) is 10.2 Å². The minimum atomic E-state index is 0.100. The van der Waals surface area contributed by atoms with E-state index < -0.39 is 0 Å². The maximum atomic E-state index is 9.78. The van der Waals surface area contributed by atoms with Crippen molar-refractivity contribution in [2.75, 3.05) is 0 Å². The van der Waals surface area contributed by atoms with Gasteiger partial charge in [-0.25, -0.2) is 0 Å². The van der Waals surface area contributed by atoms with Crippen LogP contribution in [-0.4, -0.2) is 15.3 Å². The number of para-hydroxylation sites is 1. The summed E-state index contributed by atoms with van der Waals surface area (Å²) in [6.45, 7) is 0. The van der Waals surface area contributed by atoms with Crippen LogP contribution in [0.25, 0.3) is 11.5 Å². The Hall–Kier alpha value is -1.69. The van der Waals surface area contributed by atoms with Crippen LogP contribution in [0.5, 0.6) is 5.75 Å². The zero-order valence-corrected chi connectivity index (χ0v) is 13.5. The summed E-state index contributed by atoms with van der Waals surface area (Å²) < 4.78 is 5.55. The van der Waals surface area contributed by atoms with E-state index in [1.54, 1.807) is 36.4 Å². The Morgan fingerprint density at radius 2 is 1.91 bits per heavy atom. The highest BCUT2D eigenvalue weighted by Gasteiger charge is 2.13. The largest absolute Gasteiger partial charge is 0.507 e. The van der Waals surface area contributed by atoms with Crippen LogP contribution in [0.3, 0.4) is 0 Å². The summed E-state index contributed by atoms with van der Waals surface area (Å²) in [5.41, 5.74) is 1.43. The highest BCUT2D eigenvalue weighted by molar-refractivity contribution is 7.98. The van der Waals surface area contributed by atoms with Gasteiger partial charge in [0.2, 0.25) is 0 Å². The van der Waals surface area contributed by atoms with Gasteiger partial charge in [0, 0.05) is 15.8 Å². The lowest BCUT2D eigenvalue weighted by Gasteiger charge is -2.02. The molecule has 3 aromatic rings. The van der Waals surface area contributed by atoms with Crippen LogP contribution in [0.15, 0.2) is 52.1 Å². The summed E-state index contributed by atoms with van der Waals surface area (Å²) in [6.07, 6.45) is 0. The Kier molecular flexibility index (Phi) is 4.57. The van der Waals surface area contributed by atoms with Gasteiger partial charge >= 0.3 is 0 Å². The molecular weight excluding hydrogens is 343 g/mol. The van der Waals surface area contributed by atoms with Gasteiger partial charge in [0.15, 0.2) is 0 Å². The summed E-state index contributed by atoms with van der Waals surface area (Å²) in [7, 11) is 0. The molecule has 7 heteroatoms. The lowest BCUT2D eigenvalue weighted by atomic mass is 10.2. The zero-order chi connectivity index (χ0) is 15.5. The first-order valence-corrected chi connectivity index (χ1v) is 8.06. The molecule has 0 bridgehead atoms. The molecule has 2 aromatic carbocycles. The third kappa shape index (κ3) is 3.38. The molecule has 0 saturated heterocycles. The van der Waals surface area contributed by atoms with E-state index in [-0.39, 0.29) is 11.6 Å². The second-order valence-electron chi connectivity index (χ2n) is 4.41. The molecule has 1 aromatic heterocycles. The van der Waals surface area contributed by atoms with E-state index in [0.29, 0.717) is 26.6 Å². The standard InChI is InChI=1S/C15H10Cl2N2O2S/c16-10-6-5-9(12(17)7-10)8-22-15-19-18-14(21-15)11-3-1-2-4-13(11)20/h1-7,20H,8H2. The summed E-state index contributed by atoms with van der Waals surface area (Å²) in [5, 5.41) is 19.3. The first-order valence-electron chi connectivity index (χ1n) is 6.32. The lowest BCUT2D eigenvalue weighted by Crippen LogP contribution is -1.82. The van der Waals surface area contributed by atoms with Crippen molar-refractivity contribution in [1.82, 2.24) is 10.2 Å². The molecule has 3 rings (SSSR count). The SMILES string of the molecule is Oc1ccccc1-c1nnc(SCc2ccc(Cl)cc2Cl)o1. The van der Waals surface area contributed by atoms with Gasteiger partial charge in [-0.15, -0.1) is 10.2 Å². The maximum Gasteiger partial charge on any atom is 0.277 e. The van der Waals surface area contributed by atoms with Crippen molar-refractivity contribution < 1.29 is 9.52 Å². The van der Waals surface area contributed by atoms with Crippen LogP contribution >= 0.6 is 35.0 Å². The van der Waals surface area contributed by atoms with Gasteiger partial charge in [-0.1, -0.05) is 53.2 Å². The van der Waals surface area contributed by atoms with Gasteiger partial charge in [0.05, 0.1) is 5.56 Å². The number of nitrogens with zero attached hydrogens (tertiary/aromatic N) is 2. The molecule has 112 valence electrons. The Balaban J connectivity index is 1.74. The summed E-state index contributed by atoms with van der Waals surface area (Å²) in [6, 6.07) is 12.1. The van der Waals surface area contributed by atoms with Crippen molar-refractivity contribution >= 4 is 35.0 Å². The number of rotatable bonds is 4. The molecule has 0 radical (unpaired) electrons. The molecule has 0 unspecified atom stereocenters. The van der Waals surface area contributed by atoms with E-state index in [9.17, 15) is 5.11 Å². The number of phenolic OH excluding ortho intramolecular Hbond substituents is 1. The van der Waals surface area contributed by atoms with Crippen LogP contribution in [0.1, 0.15) is 5.56 Å². The van der Waals surface area contributed by atoms with Crippen molar-refractivity contribution in [2.24, 2.45) is 0 Å². The topological polar surface area (TPSA) is 59.2 Å². The number of hydrogen-bond donors (Lipinski definition) is 1. The number of hydrogen-bond acceptors (Lipinski definition) is 5. The smallest absolute Gasteiger partial charge is 0.277 e. The number of halogens is 2. The number of aromatic hydroxyl groups is 1. The van der Waals surface area contributed by atoms with Crippen molar-refractivity contribution in [3.8, 4) is 17.2 Å². The quantitative estimate of drug-likeness (QED) is 0.666. The molecule has 0 fully saturated rings. The second kappa shape index (κ2) is 6.60. The third-order valence-corrected chi connectivity index (χ3v) is 4.36. The van der Waals surface area contributed by atoms with E-state index in [1.165, 1.54) is 11.8 Å². The first kappa shape index (κ1) is 15.2. The van der Waals surface area contributed by atoms with Crippen molar-refractivity contribution in [3.63, 3.8) is 0 Å². The molecule has 1 N–H and O–H groups in total. The molecule has 0 atom stereocenters. The van der Waals surface area contributed by atoms with Crippen molar-refractivity contribution in [3.05, 3.63) is 58.1 Å². The second-order valence-corrected chi connectivity index (χ2v) is 6.18. The molecule has 1 heterocycles. The van der Waals surface area contributed by atoms with Gasteiger partial charge in [-0.05, 0) is 29.8 Å². The number of phenols is 1. The molecule has 0 aliphatic rings. The average Bonchev–Trinajstić information content (AvgIpc) is 2.95. The fraction of sp³-hybridized carbons (Fsp3) is 0.0667. The normalized spacial score (nSPS) is 10.8. The molecule has 4 nitrogen and oxygen atoms in total. The maximum absolute atomic E-state index is 9.78. The molecule has 22 heavy (non-hydrogen) atoms. The van der Waals surface area contributed by atoms with Crippen LogP contribution in [-0.2, 0) is 5.75 Å². The molecule has 0 aliphatic carbocycles. The fourth-order valence-corrected chi connectivity index (χ4v) is 3.13. The molecule has 0 saturated carbocycles. The van der Waals surface area contributed by atoms with Crippen molar-refractivity contribution in [2.45, 2.75) is 11.0 Å². The van der Waals surface area contributed by atoms with Gasteiger partial charge < -0.3 is 9.52 Å². The molecular formula is C15H10Cl2N2O2S. The van der Waals surface area contributed by atoms with Crippen molar-refractivity contribution in [1.29, 1.82) is 0 Å². The van der Waals surface area contributed by atoms with Gasteiger partial charge in [-0.3, -0.25) is 0 Å². The summed E-state index contributed by atoms with van der Waals surface area (Å²) in [4.78, 5) is 0. The minimum absolute atomic E-state index is 0.100.